The average Bonchev–Trinajstić information content (AvgIpc) is 2.82. The van der Waals surface area contributed by atoms with E-state index < -0.39 is 24.4 Å². The monoisotopic (exact) mass is 416 g/mol. The van der Waals surface area contributed by atoms with Crippen molar-refractivity contribution in [1.82, 2.24) is 5.32 Å². The van der Waals surface area contributed by atoms with Gasteiger partial charge in [-0.3, -0.25) is 14.4 Å². The number of anilines is 1. The van der Waals surface area contributed by atoms with Crippen LogP contribution in [-0.4, -0.2) is 30.9 Å². The van der Waals surface area contributed by atoms with Crippen molar-refractivity contribution in [2.45, 2.75) is 13.3 Å². The Morgan fingerprint density at radius 2 is 1.45 bits per heavy atom. The third-order valence-electron chi connectivity index (χ3n) is 4.66. The van der Waals surface area contributed by atoms with Crippen molar-refractivity contribution < 1.29 is 19.1 Å². The van der Waals surface area contributed by atoms with Crippen LogP contribution in [0.5, 0.6) is 0 Å². The predicted molar refractivity (Wildman–Crippen MR) is 120 cm³/mol. The normalized spacial score (nSPS) is 10.2. The summed E-state index contributed by atoms with van der Waals surface area (Å²) in [4.78, 5) is 36.0. The van der Waals surface area contributed by atoms with Crippen molar-refractivity contribution in [3.05, 3.63) is 90.0 Å². The van der Waals surface area contributed by atoms with Crippen LogP contribution >= 0.6 is 0 Å². The summed E-state index contributed by atoms with van der Waals surface area (Å²) in [5.41, 5.74) is 4.27. The van der Waals surface area contributed by atoms with E-state index in [0.717, 1.165) is 23.1 Å². The molecule has 6 nitrogen and oxygen atoms in total. The van der Waals surface area contributed by atoms with Gasteiger partial charge in [0.25, 0.3) is 11.8 Å². The summed E-state index contributed by atoms with van der Waals surface area (Å²) in [5.74, 6) is -1.52. The minimum absolute atomic E-state index is 0.322. The molecular formula is C25H24N2O4. The largest absolute Gasteiger partial charge is 0.454 e. The fraction of sp³-hybridized carbons (Fsp3) is 0.160. The predicted octanol–water partition coefficient (Wildman–Crippen LogP) is 3.83. The standard InChI is InChI=1S/C25H24N2O4/c1-2-18-8-14-22(15-9-18)27-23(28)17-31-24(29)16-26-25(30)21-12-10-20(11-13-21)19-6-4-3-5-7-19/h3-15H,2,16-17H2,1H3,(H,26,30)(H,27,28). The van der Waals surface area contributed by atoms with Crippen molar-refractivity contribution in [1.29, 1.82) is 0 Å². The topological polar surface area (TPSA) is 84.5 Å². The molecule has 0 radical (unpaired) electrons. The van der Waals surface area contributed by atoms with Crippen molar-refractivity contribution >= 4 is 23.5 Å². The van der Waals surface area contributed by atoms with Gasteiger partial charge in [-0.1, -0.05) is 61.5 Å². The molecule has 158 valence electrons. The summed E-state index contributed by atoms with van der Waals surface area (Å²) in [7, 11) is 0. The molecule has 0 bridgehead atoms. The van der Waals surface area contributed by atoms with Crippen LogP contribution in [0.3, 0.4) is 0 Å². The van der Waals surface area contributed by atoms with E-state index in [9.17, 15) is 14.4 Å². The molecule has 0 aliphatic carbocycles. The second kappa shape index (κ2) is 10.7. The average molecular weight is 416 g/mol. The zero-order valence-corrected chi connectivity index (χ0v) is 17.3. The summed E-state index contributed by atoms with van der Waals surface area (Å²) in [6.45, 7) is 1.30. The molecule has 0 atom stereocenters. The molecule has 3 aromatic carbocycles. The maximum atomic E-state index is 12.2. The van der Waals surface area contributed by atoms with Gasteiger partial charge in [0.1, 0.15) is 6.54 Å². The van der Waals surface area contributed by atoms with Gasteiger partial charge < -0.3 is 15.4 Å². The van der Waals surface area contributed by atoms with Gasteiger partial charge in [-0.2, -0.15) is 0 Å². The maximum Gasteiger partial charge on any atom is 0.325 e. The fourth-order valence-electron chi connectivity index (χ4n) is 2.92. The molecule has 3 rings (SSSR count). The van der Waals surface area contributed by atoms with E-state index in [0.29, 0.717) is 11.3 Å². The number of esters is 1. The fourth-order valence-corrected chi connectivity index (χ4v) is 2.92. The lowest BCUT2D eigenvalue weighted by molar-refractivity contribution is -0.146. The van der Waals surface area contributed by atoms with Crippen LogP contribution in [0.25, 0.3) is 11.1 Å². The van der Waals surface area contributed by atoms with Gasteiger partial charge in [-0.25, -0.2) is 0 Å². The first-order chi connectivity index (χ1) is 15.0. The third-order valence-corrected chi connectivity index (χ3v) is 4.66. The molecule has 0 unspecified atom stereocenters. The molecule has 0 aliphatic heterocycles. The second-order valence-corrected chi connectivity index (χ2v) is 6.89. The van der Waals surface area contributed by atoms with Crippen LogP contribution in [0.4, 0.5) is 5.69 Å². The summed E-state index contributed by atoms with van der Waals surface area (Å²) >= 11 is 0. The minimum Gasteiger partial charge on any atom is -0.454 e. The SMILES string of the molecule is CCc1ccc(NC(=O)COC(=O)CNC(=O)c2ccc(-c3ccccc3)cc2)cc1. The van der Waals surface area contributed by atoms with Gasteiger partial charge >= 0.3 is 5.97 Å². The van der Waals surface area contributed by atoms with E-state index in [2.05, 4.69) is 10.6 Å². The van der Waals surface area contributed by atoms with E-state index >= 15 is 0 Å². The summed E-state index contributed by atoms with van der Waals surface area (Å²) in [6, 6.07) is 24.3. The third kappa shape index (κ3) is 6.54. The van der Waals surface area contributed by atoms with Crippen molar-refractivity contribution in [2.75, 3.05) is 18.5 Å². The molecule has 0 saturated carbocycles. The quantitative estimate of drug-likeness (QED) is 0.547. The van der Waals surface area contributed by atoms with E-state index in [1.165, 1.54) is 0 Å². The number of carbonyl (C=O) groups excluding carboxylic acids is 3. The van der Waals surface area contributed by atoms with E-state index in [-0.39, 0.29) is 6.54 Å². The highest BCUT2D eigenvalue weighted by atomic mass is 16.5. The summed E-state index contributed by atoms with van der Waals surface area (Å²) < 4.78 is 4.92. The van der Waals surface area contributed by atoms with Crippen LogP contribution in [0, 0.1) is 0 Å². The molecule has 0 spiro atoms. The van der Waals surface area contributed by atoms with E-state index in [1.807, 2.05) is 61.5 Å². The van der Waals surface area contributed by atoms with Crippen molar-refractivity contribution in [3.63, 3.8) is 0 Å². The van der Waals surface area contributed by atoms with Gasteiger partial charge in [0, 0.05) is 11.3 Å². The van der Waals surface area contributed by atoms with Gasteiger partial charge in [-0.15, -0.1) is 0 Å². The lowest BCUT2D eigenvalue weighted by atomic mass is 10.0. The molecule has 6 heteroatoms. The number of hydrogen-bond donors (Lipinski definition) is 2. The first-order valence-corrected chi connectivity index (χ1v) is 10.0. The molecule has 3 aromatic rings. The minimum atomic E-state index is -0.689. The molecule has 0 fully saturated rings. The zero-order valence-electron chi connectivity index (χ0n) is 17.3. The Bertz CT molecular complexity index is 1030. The molecule has 2 N–H and O–H groups in total. The van der Waals surface area contributed by atoms with Crippen LogP contribution in [-0.2, 0) is 20.7 Å². The highest BCUT2D eigenvalue weighted by Gasteiger charge is 2.11. The molecule has 31 heavy (non-hydrogen) atoms. The highest BCUT2D eigenvalue weighted by Crippen LogP contribution is 2.19. The Kier molecular flexibility index (Phi) is 7.54. The van der Waals surface area contributed by atoms with Gasteiger partial charge in [-0.05, 0) is 47.4 Å². The number of ether oxygens (including phenoxy) is 1. The van der Waals surface area contributed by atoms with Gasteiger partial charge in [0.15, 0.2) is 6.61 Å². The van der Waals surface area contributed by atoms with Crippen LogP contribution < -0.4 is 10.6 Å². The Hall–Kier alpha value is -3.93. The van der Waals surface area contributed by atoms with Crippen molar-refractivity contribution in [2.24, 2.45) is 0 Å². The van der Waals surface area contributed by atoms with Crippen LogP contribution in [0.2, 0.25) is 0 Å². The molecule has 2 amide bonds. The lowest BCUT2D eigenvalue weighted by Crippen LogP contribution is -2.32. The molecule has 0 aromatic heterocycles. The Labute approximate surface area is 181 Å². The van der Waals surface area contributed by atoms with Gasteiger partial charge in [0.05, 0.1) is 0 Å². The summed E-state index contributed by atoms with van der Waals surface area (Å²) in [6.07, 6.45) is 0.911. The number of benzene rings is 3. The van der Waals surface area contributed by atoms with Crippen LogP contribution in [0.1, 0.15) is 22.8 Å². The number of rotatable bonds is 8. The first kappa shape index (κ1) is 21.8. The van der Waals surface area contributed by atoms with Gasteiger partial charge in [0.2, 0.25) is 0 Å². The number of nitrogens with one attached hydrogen (secondary N) is 2. The molecule has 0 heterocycles. The first-order valence-electron chi connectivity index (χ1n) is 10.0. The van der Waals surface area contributed by atoms with E-state index in [4.69, 9.17) is 4.74 Å². The Balaban J connectivity index is 1.41. The number of aryl methyl sites for hydroxylation is 1. The summed E-state index contributed by atoms with van der Waals surface area (Å²) in [5, 5.41) is 5.15. The number of amides is 2. The Morgan fingerprint density at radius 1 is 0.806 bits per heavy atom. The molecule has 0 aliphatic rings. The number of carbonyl (C=O) groups is 3. The van der Waals surface area contributed by atoms with E-state index in [1.54, 1.807) is 24.3 Å². The lowest BCUT2D eigenvalue weighted by Gasteiger charge is -2.08. The highest BCUT2D eigenvalue weighted by molar-refractivity contribution is 5.97. The molecule has 0 saturated heterocycles. The smallest absolute Gasteiger partial charge is 0.325 e. The zero-order chi connectivity index (χ0) is 22.1. The Morgan fingerprint density at radius 3 is 2.10 bits per heavy atom. The van der Waals surface area contributed by atoms with Crippen LogP contribution in [0.15, 0.2) is 78.9 Å². The maximum absolute atomic E-state index is 12.2. The molecular weight excluding hydrogens is 392 g/mol. The second-order valence-electron chi connectivity index (χ2n) is 6.89. The number of hydrogen-bond acceptors (Lipinski definition) is 4. The van der Waals surface area contributed by atoms with Crippen molar-refractivity contribution in [3.8, 4) is 11.1 Å².